The van der Waals surface area contributed by atoms with Crippen LogP contribution >= 0.6 is 0 Å². The summed E-state index contributed by atoms with van der Waals surface area (Å²) in [6, 6.07) is 0.422. The van der Waals surface area contributed by atoms with Crippen molar-refractivity contribution in [3.8, 4) is 0 Å². The topological polar surface area (TPSA) is 58.4 Å². The second-order valence-electron chi connectivity index (χ2n) is 5.25. The number of nitrogens with zero attached hydrogens (tertiary/aromatic N) is 1. The maximum Gasteiger partial charge on any atom is 0.221 e. The van der Waals surface area contributed by atoms with E-state index >= 15 is 0 Å². The van der Waals surface area contributed by atoms with Crippen molar-refractivity contribution in [3.63, 3.8) is 0 Å². The van der Waals surface area contributed by atoms with Crippen molar-refractivity contribution in [2.24, 2.45) is 5.73 Å². The third-order valence-electron chi connectivity index (χ3n) is 2.83. The lowest BCUT2D eigenvalue weighted by atomic mass is 10.1. The lowest BCUT2D eigenvalue weighted by Gasteiger charge is -2.22. The predicted octanol–water partition coefficient (Wildman–Crippen LogP) is 0.324. The number of likely N-dealkylation sites (tertiary alicyclic amines) is 1. The van der Waals surface area contributed by atoms with Crippen molar-refractivity contribution >= 4 is 5.91 Å². The Hall–Kier alpha value is -0.610. The largest absolute Gasteiger partial charge is 0.354 e. The van der Waals surface area contributed by atoms with Crippen molar-refractivity contribution in [2.75, 3.05) is 20.1 Å². The van der Waals surface area contributed by atoms with E-state index in [2.05, 4.69) is 17.3 Å². The molecular formula is C11H23N3O. The molecule has 1 fully saturated rings. The van der Waals surface area contributed by atoms with Crippen molar-refractivity contribution < 1.29 is 4.79 Å². The molecule has 15 heavy (non-hydrogen) atoms. The number of nitrogens with two attached hydrogens (primary N) is 1. The van der Waals surface area contributed by atoms with Crippen LogP contribution in [-0.2, 0) is 4.79 Å². The zero-order chi connectivity index (χ0) is 11.5. The van der Waals surface area contributed by atoms with Crippen LogP contribution in [0, 0.1) is 0 Å². The summed E-state index contributed by atoms with van der Waals surface area (Å²) in [6.45, 7) is 5.48. The van der Waals surface area contributed by atoms with Crippen LogP contribution < -0.4 is 11.1 Å². The van der Waals surface area contributed by atoms with Gasteiger partial charge in [-0.1, -0.05) is 0 Å². The second-order valence-corrected chi connectivity index (χ2v) is 5.25. The Balaban J connectivity index is 2.24. The first kappa shape index (κ1) is 12.5. The van der Waals surface area contributed by atoms with Crippen molar-refractivity contribution in [3.05, 3.63) is 0 Å². The first-order valence-corrected chi connectivity index (χ1v) is 5.64. The fourth-order valence-corrected chi connectivity index (χ4v) is 1.85. The van der Waals surface area contributed by atoms with E-state index in [1.54, 1.807) is 0 Å². The van der Waals surface area contributed by atoms with E-state index in [0.717, 1.165) is 13.0 Å². The van der Waals surface area contributed by atoms with Gasteiger partial charge in [0.25, 0.3) is 0 Å². The van der Waals surface area contributed by atoms with Gasteiger partial charge >= 0.3 is 0 Å². The number of nitrogens with one attached hydrogen (secondary N) is 1. The minimum Gasteiger partial charge on any atom is -0.354 e. The first-order valence-electron chi connectivity index (χ1n) is 5.64. The zero-order valence-corrected chi connectivity index (χ0v) is 10.0. The standard InChI is InChI=1S/C11H23N3O/c1-11(2,12)8-13-10(15)7-9-5-4-6-14(9)3/h9H,4-8,12H2,1-3H3,(H,13,15). The van der Waals surface area contributed by atoms with E-state index in [0.29, 0.717) is 19.0 Å². The molecular weight excluding hydrogens is 190 g/mol. The Morgan fingerprint density at radius 2 is 2.27 bits per heavy atom. The smallest absolute Gasteiger partial charge is 0.221 e. The van der Waals surface area contributed by atoms with Crippen LogP contribution in [0.4, 0.5) is 0 Å². The molecule has 0 aromatic rings. The predicted molar refractivity (Wildman–Crippen MR) is 61.5 cm³/mol. The minimum absolute atomic E-state index is 0.118. The molecule has 1 aliphatic heterocycles. The first-order chi connectivity index (χ1) is 6.88. The van der Waals surface area contributed by atoms with Crippen LogP contribution in [0.3, 0.4) is 0 Å². The summed E-state index contributed by atoms with van der Waals surface area (Å²) >= 11 is 0. The van der Waals surface area contributed by atoms with Crippen LogP contribution in [0.5, 0.6) is 0 Å². The average molecular weight is 213 g/mol. The van der Waals surface area contributed by atoms with Crippen molar-refractivity contribution in [1.82, 2.24) is 10.2 Å². The number of carbonyl (C=O) groups is 1. The van der Waals surface area contributed by atoms with Crippen molar-refractivity contribution in [2.45, 2.75) is 44.7 Å². The molecule has 4 nitrogen and oxygen atoms in total. The highest BCUT2D eigenvalue weighted by Crippen LogP contribution is 2.17. The van der Waals surface area contributed by atoms with Gasteiger partial charge in [0.05, 0.1) is 0 Å². The summed E-state index contributed by atoms with van der Waals surface area (Å²) in [4.78, 5) is 13.9. The molecule has 0 radical (unpaired) electrons. The van der Waals surface area contributed by atoms with Gasteiger partial charge in [0.2, 0.25) is 5.91 Å². The third-order valence-corrected chi connectivity index (χ3v) is 2.83. The maximum absolute atomic E-state index is 11.6. The molecule has 0 bridgehead atoms. The van der Waals surface area contributed by atoms with Gasteiger partial charge in [-0.2, -0.15) is 0 Å². The Morgan fingerprint density at radius 3 is 2.73 bits per heavy atom. The van der Waals surface area contributed by atoms with Crippen LogP contribution in [0.25, 0.3) is 0 Å². The molecule has 1 amide bonds. The molecule has 4 heteroatoms. The van der Waals surface area contributed by atoms with Crippen LogP contribution in [-0.4, -0.2) is 42.5 Å². The van der Waals surface area contributed by atoms with E-state index < -0.39 is 0 Å². The highest BCUT2D eigenvalue weighted by molar-refractivity contribution is 5.76. The van der Waals surface area contributed by atoms with Gasteiger partial charge in [-0.15, -0.1) is 0 Å². The molecule has 1 unspecified atom stereocenters. The summed E-state index contributed by atoms with van der Waals surface area (Å²) in [5.41, 5.74) is 5.47. The normalized spacial score (nSPS) is 23.1. The van der Waals surface area contributed by atoms with E-state index in [4.69, 9.17) is 5.73 Å². The number of rotatable bonds is 4. The van der Waals surface area contributed by atoms with Gasteiger partial charge in [0, 0.05) is 24.5 Å². The maximum atomic E-state index is 11.6. The minimum atomic E-state index is -0.322. The average Bonchev–Trinajstić information content (AvgIpc) is 2.47. The van der Waals surface area contributed by atoms with Crippen LogP contribution in [0.15, 0.2) is 0 Å². The van der Waals surface area contributed by atoms with Gasteiger partial charge in [0.15, 0.2) is 0 Å². The monoisotopic (exact) mass is 213 g/mol. The molecule has 3 N–H and O–H groups in total. The van der Waals surface area contributed by atoms with E-state index in [-0.39, 0.29) is 11.4 Å². The Kier molecular flexibility index (Phi) is 4.11. The highest BCUT2D eigenvalue weighted by Gasteiger charge is 2.23. The lowest BCUT2D eigenvalue weighted by molar-refractivity contribution is -0.122. The van der Waals surface area contributed by atoms with Gasteiger partial charge in [-0.3, -0.25) is 4.79 Å². The fraction of sp³-hybridized carbons (Fsp3) is 0.909. The second kappa shape index (κ2) is 4.94. The summed E-state index contributed by atoms with van der Waals surface area (Å²) in [7, 11) is 2.08. The quantitative estimate of drug-likeness (QED) is 0.707. The number of carbonyl (C=O) groups excluding carboxylic acids is 1. The molecule has 0 aromatic carbocycles. The SMILES string of the molecule is CN1CCCC1CC(=O)NCC(C)(C)N. The Morgan fingerprint density at radius 1 is 1.60 bits per heavy atom. The van der Waals surface area contributed by atoms with Crippen LogP contribution in [0.1, 0.15) is 33.1 Å². The third kappa shape index (κ3) is 4.62. The fourth-order valence-electron chi connectivity index (χ4n) is 1.85. The summed E-state index contributed by atoms with van der Waals surface area (Å²) < 4.78 is 0. The van der Waals surface area contributed by atoms with Gasteiger partial charge in [-0.25, -0.2) is 0 Å². The Bertz CT molecular complexity index is 222. The summed E-state index contributed by atoms with van der Waals surface area (Å²) in [6.07, 6.45) is 2.94. The molecule has 88 valence electrons. The molecule has 0 saturated carbocycles. The molecule has 1 heterocycles. The molecule has 1 rings (SSSR count). The molecule has 1 aliphatic rings. The summed E-state index contributed by atoms with van der Waals surface area (Å²) in [5.74, 6) is 0.118. The lowest BCUT2D eigenvalue weighted by Crippen LogP contribution is -2.46. The molecule has 1 atom stereocenters. The highest BCUT2D eigenvalue weighted by atomic mass is 16.1. The van der Waals surface area contributed by atoms with E-state index in [1.807, 2.05) is 13.8 Å². The molecule has 0 aromatic heterocycles. The number of hydrogen-bond donors (Lipinski definition) is 2. The zero-order valence-electron chi connectivity index (χ0n) is 10.0. The van der Waals surface area contributed by atoms with E-state index in [1.165, 1.54) is 6.42 Å². The van der Waals surface area contributed by atoms with Gasteiger partial charge in [-0.05, 0) is 40.3 Å². The molecule has 1 saturated heterocycles. The van der Waals surface area contributed by atoms with Crippen LogP contribution in [0.2, 0.25) is 0 Å². The number of hydrogen-bond acceptors (Lipinski definition) is 3. The van der Waals surface area contributed by atoms with Gasteiger partial charge in [0.1, 0.15) is 0 Å². The summed E-state index contributed by atoms with van der Waals surface area (Å²) in [5, 5.41) is 2.88. The Labute approximate surface area is 92.2 Å². The molecule has 0 aliphatic carbocycles. The van der Waals surface area contributed by atoms with Gasteiger partial charge < -0.3 is 16.0 Å². The van der Waals surface area contributed by atoms with E-state index in [9.17, 15) is 4.79 Å². The number of amides is 1. The van der Waals surface area contributed by atoms with Crippen molar-refractivity contribution in [1.29, 1.82) is 0 Å². The molecule has 0 spiro atoms.